The van der Waals surface area contributed by atoms with Crippen LogP contribution < -0.4 is 5.32 Å². The molecule has 1 saturated carbocycles. The van der Waals surface area contributed by atoms with Gasteiger partial charge in [0.2, 0.25) is 11.8 Å². The number of benzene rings is 2. The monoisotopic (exact) mass is 422 g/mol. The first kappa shape index (κ1) is 21.5. The summed E-state index contributed by atoms with van der Waals surface area (Å²) in [4.78, 5) is 28.2. The van der Waals surface area contributed by atoms with Gasteiger partial charge in [-0.05, 0) is 49.8 Å². The van der Waals surface area contributed by atoms with E-state index in [1.807, 2.05) is 42.2 Å². The van der Waals surface area contributed by atoms with Crippen molar-refractivity contribution in [3.63, 3.8) is 0 Å². The Morgan fingerprint density at radius 1 is 1.06 bits per heavy atom. The molecule has 164 valence electrons. The largest absolute Gasteiger partial charge is 0.356 e. The number of hydrogen-bond donors (Lipinski definition) is 1. The molecule has 0 radical (unpaired) electrons. The number of carbonyl (C=O) groups is 2. The summed E-state index contributed by atoms with van der Waals surface area (Å²) in [6.07, 6.45) is 5.25. The molecule has 1 heterocycles. The molecule has 0 aromatic heterocycles. The highest BCUT2D eigenvalue weighted by Gasteiger charge is 2.47. The van der Waals surface area contributed by atoms with Gasteiger partial charge in [0, 0.05) is 31.1 Å². The van der Waals surface area contributed by atoms with Crippen LogP contribution in [0, 0.1) is 17.2 Å². The average Bonchev–Trinajstić information content (AvgIpc) is 3.46. The molecule has 31 heavy (non-hydrogen) atoms. The molecule has 1 atom stereocenters. The second-order valence-electron chi connectivity index (χ2n) is 8.94. The zero-order chi connectivity index (χ0) is 21.8. The maximum absolute atomic E-state index is 14.6. The Labute approximate surface area is 183 Å². The molecule has 2 amide bonds. The SMILES string of the molecule is CCNC(=O)[C@@]1(Cc2ccccc2-c2ccccc2F)CCN(C(=O)C2CCCC2)C1. The fourth-order valence-corrected chi connectivity index (χ4v) is 5.23. The maximum Gasteiger partial charge on any atom is 0.228 e. The van der Waals surface area contributed by atoms with Crippen molar-refractivity contribution in [3.8, 4) is 11.1 Å². The third-order valence-electron chi connectivity index (χ3n) is 6.90. The first-order valence-corrected chi connectivity index (χ1v) is 11.4. The lowest BCUT2D eigenvalue weighted by Crippen LogP contribution is -2.45. The maximum atomic E-state index is 14.6. The molecule has 0 bridgehead atoms. The van der Waals surface area contributed by atoms with Crippen LogP contribution in [0.25, 0.3) is 11.1 Å². The van der Waals surface area contributed by atoms with E-state index in [-0.39, 0.29) is 23.5 Å². The van der Waals surface area contributed by atoms with E-state index in [1.165, 1.54) is 6.07 Å². The third kappa shape index (κ3) is 4.36. The van der Waals surface area contributed by atoms with Gasteiger partial charge < -0.3 is 10.2 Å². The van der Waals surface area contributed by atoms with E-state index in [0.29, 0.717) is 38.0 Å². The first-order chi connectivity index (χ1) is 15.0. The van der Waals surface area contributed by atoms with Gasteiger partial charge in [0.05, 0.1) is 5.41 Å². The summed E-state index contributed by atoms with van der Waals surface area (Å²) in [6.45, 7) is 3.50. The van der Waals surface area contributed by atoms with Crippen LogP contribution in [0.5, 0.6) is 0 Å². The Morgan fingerprint density at radius 3 is 2.45 bits per heavy atom. The summed E-state index contributed by atoms with van der Waals surface area (Å²) in [7, 11) is 0. The van der Waals surface area contributed by atoms with Crippen LogP contribution in [0.3, 0.4) is 0 Å². The summed E-state index contributed by atoms with van der Waals surface area (Å²) in [5, 5.41) is 3.00. The van der Waals surface area contributed by atoms with Crippen molar-refractivity contribution in [2.24, 2.45) is 11.3 Å². The van der Waals surface area contributed by atoms with Crippen LogP contribution in [-0.2, 0) is 16.0 Å². The van der Waals surface area contributed by atoms with E-state index in [9.17, 15) is 14.0 Å². The number of amides is 2. The highest BCUT2D eigenvalue weighted by atomic mass is 19.1. The Balaban J connectivity index is 1.64. The Hall–Kier alpha value is -2.69. The van der Waals surface area contributed by atoms with Gasteiger partial charge in [-0.1, -0.05) is 55.3 Å². The summed E-state index contributed by atoms with van der Waals surface area (Å²) in [6, 6.07) is 14.5. The van der Waals surface area contributed by atoms with Crippen molar-refractivity contribution in [1.29, 1.82) is 0 Å². The lowest BCUT2D eigenvalue weighted by Gasteiger charge is -2.30. The van der Waals surface area contributed by atoms with Gasteiger partial charge in [-0.25, -0.2) is 4.39 Å². The number of hydrogen-bond acceptors (Lipinski definition) is 2. The van der Waals surface area contributed by atoms with E-state index in [4.69, 9.17) is 0 Å². The van der Waals surface area contributed by atoms with Crippen LogP contribution in [0.2, 0.25) is 0 Å². The quantitative estimate of drug-likeness (QED) is 0.741. The first-order valence-electron chi connectivity index (χ1n) is 11.4. The van der Waals surface area contributed by atoms with Crippen molar-refractivity contribution in [3.05, 3.63) is 59.9 Å². The molecular formula is C26H31FN2O2. The Kier molecular flexibility index (Phi) is 6.40. The third-order valence-corrected chi connectivity index (χ3v) is 6.90. The molecule has 1 aliphatic carbocycles. The number of halogens is 1. The lowest BCUT2D eigenvalue weighted by atomic mass is 9.78. The Bertz CT molecular complexity index is 954. The molecule has 2 aromatic carbocycles. The van der Waals surface area contributed by atoms with E-state index in [1.54, 1.807) is 12.1 Å². The smallest absolute Gasteiger partial charge is 0.228 e. The van der Waals surface area contributed by atoms with Gasteiger partial charge in [0.15, 0.2) is 0 Å². The normalized spacial score (nSPS) is 21.4. The lowest BCUT2D eigenvalue weighted by molar-refractivity contribution is -0.136. The molecule has 0 spiro atoms. The fraction of sp³-hybridized carbons (Fsp3) is 0.462. The minimum atomic E-state index is -0.689. The van der Waals surface area contributed by atoms with Crippen LogP contribution >= 0.6 is 0 Å². The number of rotatable bonds is 6. The standard InChI is InChI=1S/C26H31FN2O2/c1-2-28-25(31)26(15-16-29(18-26)24(30)19-9-3-4-10-19)17-20-11-5-6-12-21(20)22-13-7-8-14-23(22)27/h5-8,11-14,19H,2-4,9-10,15-18H2,1H3,(H,28,31)/t26-/m1/s1. The number of carbonyl (C=O) groups excluding carboxylic acids is 2. The topological polar surface area (TPSA) is 49.4 Å². The minimum absolute atomic E-state index is 0.0138. The van der Waals surface area contributed by atoms with Crippen molar-refractivity contribution < 1.29 is 14.0 Å². The number of nitrogens with zero attached hydrogens (tertiary/aromatic N) is 1. The van der Waals surface area contributed by atoms with E-state index in [2.05, 4.69) is 5.32 Å². The van der Waals surface area contributed by atoms with Crippen LogP contribution in [0.4, 0.5) is 4.39 Å². The van der Waals surface area contributed by atoms with Gasteiger partial charge in [-0.15, -0.1) is 0 Å². The molecule has 1 N–H and O–H groups in total. The predicted octanol–water partition coefficient (Wildman–Crippen LogP) is 4.58. The Morgan fingerprint density at radius 2 is 1.74 bits per heavy atom. The van der Waals surface area contributed by atoms with E-state index in [0.717, 1.165) is 36.8 Å². The van der Waals surface area contributed by atoms with Crippen molar-refractivity contribution >= 4 is 11.8 Å². The predicted molar refractivity (Wildman–Crippen MR) is 120 cm³/mol. The van der Waals surface area contributed by atoms with Crippen molar-refractivity contribution in [2.75, 3.05) is 19.6 Å². The highest BCUT2D eigenvalue weighted by Crippen LogP contribution is 2.39. The van der Waals surface area contributed by atoms with Crippen molar-refractivity contribution in [1.82, 2.24) is 10.2 Å². The molecule has 2 aromatic rings. The van der Waals surface area contributed by atoms with Crippen LogP contribution in [-0.4, -0.2) is 36.3 Å². The molecule has 2 fully saturated rings. The van der Waals surface area contributed by atoms with Crippen molar-refractivity contribution in [2.45, 2.75) is 45.4 Å². The average molecular weight is 423 g/mol. The zero-order valence-corrected chi connectivity index (χ0v) is 18.2. The minimum Gasteiger partial charge on any atom is -0.356 e. The van der Waals surface area contributed by atoms with E-state index < -0.39 is 5.41 Å². The summed E-state index contributed by atoms with van der Waals surface area (Å²) in [5.74, 6) is 0.0216. The van der Waals surface area contributed by atoms with Gasteiger partial charge in [-0.3, -0.25) is 9.59 Å². The molecule has 0 unspecified atom stereocenters. The molecule has 2 aliphatic rings. The van der Waals surface area contributed by atoms with E-state index >= 15 is 0 Å². The molecule has 4 nitrogen and oxygen atoms in total. The molecule has 1 saturated heterocycles. The summed E-state index contributed by atoms with van der Waals surface area (Å²) in [5.41, 5.74) is 1.60. The summed E-state index contributed by atoms with van der Waals surface area (Å²) < 4.78 is 14.6. The molecule has 4 rings (SSSR count). The van der Waals surface area contributed by atoms with Gasteiger partial charge in [0.25, 0.3) is 0 Å². The molecule has 5 heteroatoms. The summed E-state index contributed by atoms with van der Waals surface area (Å²) >= 11 is 0. The fourth-order valence-electron chi connectivity index (χ4n) is 5.23. The van der Waals surface area contributed by atoms with Crippen LogP contribution in [0.1, 0.15) is 44.6 Å². The number of nitrogens with one attached hydrogen (secondary N) is 1. The highest BCUT2D eigenvalue weighted by molar-refractivity contribution is 5.86. The van der Waals surface area contributed by atoms with Gasteiger partial charge in [-0.2, -0.15) is 0 Å². The second kappa shape index (κ2) is 9.21. The van der Waals surface area contributed by atoms with Crippen LogP contribution in [0.15, 0.2) is 48.5 Å². The second-order valence-corrected chi connectivity index (χ2v) is 8.94. The van der Waals surface area contributed by atoms with Gasteiger partial charge >= 0.3 is 0 Å². The zero-order valence-electron chi connectivity index (χ0n) is 18.2. The number of likely N-dealkylation sites (tertiary alicyclic amines) is 1. The molecular weight excluding hydrogens is 391 g/mol. The molecule has 1 aliphatic heterocycles. The van der Waals surface area contributed by atoms with Gasteiger partial charge in [0.1, 0.15) is 5.82 Å².